The fraction of sp³-hybridized carbons (Fsp3) is 0.471. The highest BCUT2D eigenvalue weighted by Gasteiger charge is 2.24. The highest BCUT2D eigenvalue weighted by atomic mass is 16.5. The summed E-state index contributed by atoms with van der Waals surface area (Å²) in [6.07, 6.45) is 0.457. The van der Waals surface area contributed by atoms with Crippen molar-refractivity contribution in [1.82, 2.24) is 15.0 Å². The minimum atomic E-state index is 0.171. The molecule has 2 aromatic rings. The fourth-order valence-electron chi connectivity index (χ4n) is 2.62. The predicted molar refractivity (Wildman–Crippen MR) is 87.3 cm³/mol. The maximum absolute atomic E-state index is 12.4. The van der Waals surface area contributed by atoms with Gasteiger partial charge in [0.15, 0.2) is 5.82 Å². The molecular formula is C17H22N4O2. The van der Waals surface area contributed by atoms with Gasteiger partial charge in [-0.25, -0.2) is 0 Å². The van der Waals surface area contributed by atoms with Gasteiger partial charge in [0.1, 0.15) is 0 Å². The third kappa shape index (κ3) is 3.70. The van der Waals surface area contributed by atoms with Crippen LogP contribution in [0.25, 0.3) is 0 Å². The van der Waals surface area contributed by atoms with Crippen molar-refractivity contribution in [1.29, 1.82) is 0 Å². The van der Waals surface area contributed by atoms with E-state index in [9.17, 15) is 4.79 Å². The first-order chi connectivity index (χ1) is 11.1. The highest BCUT2D eigenvalue weighted by Crippen LogP contribution is 2.18. The molecule has 1 aromatic carbocycles. The zero-order chi connectivity index (χ0) is 16.2. The maximum atomic E-state index is 12.4. The van der Waals surface area contributed by atoms with Crippen LogP contribution in [0.2, 0.25) is 0 Å². The van der Waals surface area contributed by atoms with E-state index in [2.05, 4.69) is 10.1 Å². The van der Waals surface area contributed by atoms with Crippen LogP contribution in [0, 0.1) is 0 Å². The number of hydrogen-bond acceptors (Lipinski definition) is 5. The Morgan fingerprint density at radius 2 is 1.87 bits per heavy atom. The van der Waals surface area contributed by atoms with E-state index in [0.717, 1.165) is 24.5 Å². The lowest BCUT2D eigenvalue weighted by Gasteiger charge is -2.33. The van der Waals surface area contributed by atoms with Crippen LogP contribution in [-0.4, -0.2) is 47.1 Å². The molecule has 1 aliphatic rings. The van der Waals surface area contributed by atoms with Gasteiger partial charge in [0.05, 0.1) is 6.42 Å². The van der Waals surface area contributed by atoms with E-state index in [0.29, 0.717) is 25.5 Å². The molecule has 1 aromatic heterocycles. The fourth-order valence-corrected chi connectivity index (χ4v) is 2.62. The van der Waals surface area contributed by atoms with Crippen LogP contribution in [0.15, 0.2) is 34.9 Å². The molecule has 0 atom stereocenters. The van der Waals surface area contributed by atoms with Crippen molar-refractivity contribution >= 4 is 11.9 Å². The standard InChI is InChI=1S/C17H22N4O2/c1-13(2)16-18-17(23-19-16)21-10-8-20(9-11-21)15(22)12-14-6-4-3-5-7-14/h3-7,13H,8-12H2,1-2H3. The van der Waals surface area contributed by atoms with Crippen LogP contribution in [0.1, 0.15) is 31.2 Å². The molecule has 0 bridgehead atoms. The first-order valence-corrected chi connectivity index (χ1v) is 8.03. The summed E-state index contributed by atoms with van der Waals surface area (Å²) >= 11 is 0. The van der Waals surface area contributed by atoms with Crippen molar-refractivity contribution in [2.75, 3.05) is 31.1 Å². The summed E-state index contributed by atoms with van der Waals surface area (Å²) in [4.78, 5) is 20.7. The molecule has 1 amide bonds. The molecular weight excluding hydrogens is 292 g/mol. The highest BCUT2D eigenvalue weighted by molar-refractivity contribution is 5.79. The smallest absolute Gasteiger partial charge is 0.324 e. The lowest BCUT2D eigenvalue weighted by Crippen LogP contribution is -2.49. The molecule has 0 spiro atoms. The van der Waals surface area contributed by atoms with Crippen LogP contribution in [0.3, 0.4) is 0 Å². The lowest BCUT2D eigenvalue weighted by molar-refractivity contribution is -0.130. The number of benzene rings is 1. The minimum absolute atomic E-state index is 0.171. The normalized spacial score (nSPS) is 15.3. The summed E-state index contributed by atoms with van der Waals surface area (Å²) in [6.45, 7) is 6.89. The first kappa shape index (κ1) is 15.5. The molecule has 122 valence electrons. The third-order valence-electron chi connectivity index (χ3n) is 4.05. The van der Waals surface area contributed by atoms with Gasteiger partial charge in [0, 0.05) is 32.1 Å². The zero-order valence-corrected chi connectivity index (χ0v) is 13.6. The van der Waals surface area contributed by atoms with E-state index in [-0.39, 0.29) is 11.8 Å². The zero-order valence-electron chi connectivity index (χ0n) is 13.6. The van der Waals surface area contributed by atoms with Crippen molar-refractivity contribution < 1.29 is 9.32 Å². The molecule has 1 fully saturated rings. The van der Waals surface area contributed by atoms with Crippen LogP contribution >= 0.6 is 0 Å². The Hall–Kier alpha value is -2.37. The van der Waals surface area contributed by atoms with E-state index < -0.39 is 0 Å². The Kier molecular flexibility index (Phi) is 4.60. The number of carbonyl (C=O) groups excluding carboxylic acids is 1. The Morgan fingerprint density at radius 1 is 1.17 bits per heavy atom. The quantitative estimate of drug-likeness (QED) is 0.864. The minimum Gasteiger partial charge on any atom is -0.339 e. The number of aromatic nitrogens is 2. The number of amides is 1. The summed E-state index contributed by atoms with van der Waals surface area (Å²) < 4.78 is 5.32. The van der Waals surface area contributed by atoms with E-state index in [1.807, 2.05) is 54.0 Å². The average Bonchev–Trinajstić information content (AvgIpc) is 3.06. The maximum Gasteiger partial charge on any atom is 0.324 e. The van der Waals surface area contributed by atoms with E-state index in [1.165, 1.54) is 0 Å². The summed E-state index contributed by atoms with van der Waals surface area (Å²) in [7, 11) is 0. The number of rotatable bonds is 4. The van der Waals surface area contributed by atoms with Crippen molar-refractivity contribution in [2.24, 2.45) is 0 Å². The van der Waals surface area contributed by atoms with Crippen LogP contribution in [0.5, 0.6) is 0 Å². The largest absolute Gasteiger partial charge is 0.339 e. The SMILES string of the molecule is CC(C)c1noc(N2CCN(C(=O)Cc3ccccc3)CC2)n1. The monoisotopic (exact) mass is 314 g/mol. The Morgan fingerprint density at radius 3 is 2.48 bits per heavy atom. The van der Waals surface area contributed by atoms with E-state index in [1.54, 1.807) is 0 Å². The van der Waals surface area contributed by atoms with Crippen molar-refractivity contribution in [3.05, 3.63) is 41.7 Å². The van der Waals surface area contributed by atoms with Crippen molar-refractivity contribution in [2.45, 2.75) is 26.2 Å². The van der Waals surface area contributed by atoms with Crippen LogP contribution < -0.4 is 4.90 Å². The Bertz CT molecular complexity index is 646. The molecule has 6 nitrogen and oxygen atoms in total. The summed E-state index contributed by atoms with van der Waals surface area (Å²) in [5, 5.41) is 3.99. The van der Waals surface area contributed by atoms with Gasteiger partial charge in [-0.15, -0.1) is 0 Å². The molecule has 0 aliphatic carbocycles. The third-order valence-corrected chi connectivity index (χ3v) is 4.05. The molecule has 0 unspecified atom stereocenters. The topological polar surface area (TPSA) is 62.5 Å². The lowest BCUT2D eigenvalue weighted by atomic mass is 10.1. The van der Waals surface area contributed by atoms with Gasteiger partial charge in [-0.1, -0.05) is 49.3 Å². The van der Waals surface area contributed by atoms with Gasteiger partial charge in [0.25, 0.3) is 0 Å². The molecule has 1 saturated heterocycles. The molecule has 3 rings (SSSR count). The summed E-state index contributed by atoms with van der Waals surface area (Å²) in [5.41, 5.74) is 1.05. The second-order valence-electron chi connectivity index (χ2n) is 6.12. The average molecular weight is 314 g/mol. The van der Waals surface area contributed by atoms with Crippen molar-refractivity contribution in [3.8, 4) is 0 Å². The van der Waals surface area contributed by atoms with Gasteiger partial charge < -0.3 is 14.3 Å². The molecule has 2 heterocycles. The van der Waals surface area contributed by atoms with E-state index >= 15 is 0 Å². The Labute approximate surface area is 136 Å². The second kappa shape index (κ2) is 6.81. The predicted octanol–water partition coefficient (Wildman–Crippen LogP) is 2.08. The summed E-state index contributed by atoms with van der Waals surface area (Å²) in [5.74, 6) is 1.15. The number of nitrogens with zero attached hydrogens (tertiary/aromatic N) is 4. The molecule has 23 heavy (non-hydrogen) atoms. The van der Waals surface area contributed by atoms with Gasteiger partial charge >= 0.3 is 6.01 Å². The summed E-state index contributed by atoms with van der Waals surface area (Å²) in [6, 6.07) is 10.4. The first-order valence-electron chi connectivity index (χ1n) is 8.03. The van der Waals surface area contributed by atoms with Crippen molar-refractivity contribution in [3.63, 3.8) is 0 Å². The van der Waals surface area contributed by atoms with Crippen LogP contribution in [0.4, 0.5) is 6.01 Å². The second-order valence-corrected chi connectivity index (χ2v) is 6.12. The number of piperazine rings is 1. The molecule has 0 saturated carbocycles. The van der Waals surface area contributed by atoms with Gasteiger partial charge in [0.2, 0.25) is 5.91 Å². The van der Waals surface area contributed by atoms with Crippen LogP contribution in [-0.2, 0) is 11.2 Å². The number of carbonyl (C=O) groups is 1. The Balaban J connectivity index is 1.54. The molecule has 1 aliphatic heterocycles. The molecule has 0 N–H and O–H groups in total. The molecule has 0 radical (unpaired) electrons. The van der Waals surface area contributed by atoms with Gasteiger partial charge in [-0.2, -0.15) is 4.98 Å². The molecule has 6 heteroatoms. The van der Waals surface area contributed by atoms with Gasteiger partial charge in [-0.05, 0) is 5.56 Å². The van der Waals surface area contributed by atoms with Gasteiger partial charge in [-0.3, -0.25) is 4.79 Å². The number of anilines is 1. The van der Waals surface area contributed by atoms with E-state index in [4.69, 9.17) is 4.52 Å². The number of hydrogen-bond donors (Lipinski definition) is 0.